The Kier molecular flexibility index (Phi) is 4.36. The highest BCUT2D eigenvalue weighted by Gasteiger charge is 2.25. The van der Waals surface area contributed by atoms with E-state index in [1.807, 2.05) is 0 Å². The van der Waals surface area contributed by atoms with Gasteiger partial charge in [-0.2, -0.15) is 0 Å². The summed E-state index contributed by atoms with van der Waals surface area (Å²) < 4.78 is 11.8. The van der Waals surface area contributed by atoms with Crippen LogP contribution in [0.4, 0.5) is 0 Å². The van der Waals surface area contributed by atoms with E-state index in [9.17, 15) is 0 Å². The SMILES string of the molecule is CC1(C)COc2ccc(CCN3CCNCC3)cc2OC1. The van der Waals surface area contributed by atoms with Crippen molar-refractivity contribution in [1.29, 1.82) is 0 Å². The lowest BCUT2D eigenvalue weighted by Gasteiger charge is -2.27. The first kappa shape index (κ1) is 14.7. The highest BCUT2D eigenvalue weighted by atomic mass is 16.5. The Labute approximate surface area is 127 Å². The second-order valence-electron chi connectivity index (χ2n) is 6.86. The van der Waals surface area contributed by atoms with Crippen molar-refractivity contribution in [2.24, 2.45) is 5.41 Å². The number of hydrogen-bond acceptors (Lipinski definition) is 4. The molecular formula is C17H26N2O2. The van der Waals surface area contributed by atoms with Crippen molar-refractivity contribution in [3.8, 4) is 11.5 Å². The van der Waals surface area contributed by atoms with Crippen LogP contribution in [0.2, 0.25) is 0 Å². The summed E-state index contributed by atoms with van der Waals surface area (Å²) >= 11 is 0. The number of nitrogens with one attached hydrogen (secondary N) is 1. The Morgan fingerprint density at radius 2 is 1.81 bits per heavy atom. The third-order valence-corrected chi connectivity index (χ3v) is 4.17. The van der Waals surface area contributed by atoms with Crippen LogP contribution in [-0.4, -0.2) is 50.8 Å². The second-order valence-corrected chi connectivity index (χ2v) is 6.86. The molecule has 1 N–H and O–H groups in total. The molecule has 0 amide bonds. The van der Waals surface area contributed by atoms with Gasteiger partial charge < -0.3 is 19.7 Å². The van der Waals surface area contributed by atoms with E-state index in [1.54, 1.807) is 0 Å². The molecule has 4 nitrogen and oxygen atoms in total. The molecule has 1 fully saturated rings. The number of fused-ring (bicyclic) bond motifs is 1. The van der Waals surface area contributed by atoms with Crippen LogP contribution in [0.25, 0.3) is 0 Å². The average Bonchev–Trinajstić information content (AvgIpc) is 2.65. The zero-order chi connectivity index (χ0) is 14.7. The minimum absolute atomic E-state index is 0.0694. The number of piperazine rings is 1. The quantitative estimate of drug-likeness (QED) is 0.922. The van der Waals surface area contributed by atoms with Crippen LogP contribution in [0.5, 0.6) is 11.5 Å². The van der Waals surface area contributed by atoms with E-state index in [2.05, 4.69) is 42.3 Å². The summed E-state index contributed by atoms with van der Waals surface area (Å²) in [4.78, 5) is 2.52. The first-order valence-electron chi connectivity index (χ1n) is 7.94. The van der Waals surface area contributed by atoms with Gasteiger partial charge in [0.25, 0.3) is 0 Å². The van der Waals surface area contributed by atoms with Crippen LogP contribution in [0, 0.1) is 5.41 Å². The molecule has 0 bridgehead atoms. The van der Waals surface area contributed by atoms with Gasteiger partial charge in [-0.15, -0.1) is 0 Å². The summed E-state index contributed by atoms with van der Waals surface area (Å²) in [7, 11) is 0. The normalized spacial score (nSPS) is 21.8. The van der Waals surface area contributed by atoms with Crippen LogP contribution < -0.4 is 14.8 Å². The third kappa shape index (κ3) is 3.89. The topological polar surface area (TPSA) is 33.7 Å². The summed E-state index contributed by atoms with van der Waals surface area (Å²) in [5, 5.41) is 3.39. The van der Waals surface area contributed by atoms with Gasteiger partial charge in [-0.1, -0.05) is 19.9 Å². The number of rotatable bonds is 3. The summed E-state index contributed by atoms with van der Waals surface area (Å²) in [5.41, 5.74) is 1.40. The van der Waals surface area contributed by atoms with Crippen molar-refractivity contribution in [2.45, 2.75) is 20.3 Å². The molecule has 2 heterocycles. The van der Waals surface area contributed by atoms with Gasteiger partial charge in [0.05, 0.1) is 13.2 Å². The van der Waals surface area contributed by atoms with Gasteiger partial charge in [0.1, 0.15) is 0 Å². The summed E-state index contributed by atoms with van der Waals surface area (Å²) in [5.74, 6) is 1.78. The molecule has 116 valence electrons. The van der Waals surface area contributed by atoms with E-state index in [4.69, 9.17) is 9.47 Å². The van der Waals surface area contributed by atoms with Crippen molar-refractivity contribution in [3.63, 3.8) is 0 Å². The Balaban J connectivity index is 1.62. The Bertz CT molecular complexity index is 482. The molecule has 4 heteroatoms. The first-order valence-corrected chi connectivity index (χ1v) is 7.94. The minimum atomic E-state index is 0.0694. The maximum Gasteiger partial charge on any atom is 0.161 e. The fourth-order valence-corrected chi connectivity index (χ4v) is 2.75. The van der Waals surface area contributed by atoms with E-state index in [-0.39, 0.29) is 5.41 Å². The molecule has 1 aromatic rings. The van der Waals surface area contributed by atoms with E-state index in [0.29, 0.717) is 13.2 Å². The average molecular weight is 290 g/mol. The molecule has 1 saturated heterocycles. The molecule has 2 aliphatic rings. The predicted octanol–water partition coefficient (Wildman–Crippen LogP) is 1.93. The first-order chi connectivity index (χ1) is 10.1. The minimum Gasteiger partial charge on any atom is -0.489 e. The highest BCUT2D eigenvalue weighted by Crippen LogP contribution is 2.34. The predicted molar refractivity (Wildman–Crippen MR) is 84.2 cm³/mol. The standard InChI is InChI=1S/C17H26N2O2/c1-17(2)12-20-15-4-3-14(11-16(15)21-13-17)5-8-19-9-6-18-7-10-19/h3-4,11,18H,5-10,12-13H2,1-2H3. The van der Waals surface area contributed by atoms with Gasteiger partial charge in [0, 0.05) is 38.1 Å². The van der Waals surface area contributed by atoms with E-state index in [0.717, 1.165) is 50.6 Å². The molecule has 0 radical (unpaired) electrons. The fraction of sp³-hybridized carbons (Fsp3) is 0.647. The summed E-state index contributed by atoms with van der Waals surface area (Å²) in [6.45, 7) is 11.4. The van der Waals surface area contributed by atoms with Crippen molar-refractivity contribution in [2.75, 3.05) is 45.9 Å². The largest absolute Gasteiger partial charge is 0.489 e. The zero-order valence-electron chi connectivity index (χ0n) is 13.2. The molecule has 0 aromatic heterocycles. The molecule has 0 spiro atoms. The molecule has 0 atom stereocenters. The fourth-order valence-electron chi connectivity index (χ4n) is 2.75. The highest BCUT2D eigenvalue weighted by molar-refractivity contribution is 5.43. The number of benzene rings is 1. The van der Waals surface area contributed by atoms with Crippen LogP contribution in [-0.2, 0) is 6.42 Å². The third-order valence-electron chi connectivity index (χ3n) is 4.17. The van der Waals surface area contributed by atoms with Crippen LogP contribution >= 0.6 is 0 Å². The zero-order valence-corrected chi connectivity index (χ0v) is 13.2. The maximum atomic E-state index is 5.95. The monoisotopic (exact) mass is 290 g/mol. The van der Waals surface area contributed by atoms with Crippen LogP contribution in [0.1, 0.15) is 19.4 Å². The van der Waals surface area contributed by atoms with E-state index >= 15 is 0 Å². The maximum absolute atomic E-state index is 5.95. The number of nitrogens with zero attached hydrogens (tertiary/aromatic N) is 1. The molecule has 0 aliphatic carbocycles. The summed E-state index contributed by atoms with van der Waals surface area (Å²) in [6.07, 6.45) is 1.07. The van der Waals surface area contributed by atoms with Crippen molar-refractivity contribution in [1.82, 2.24) is 10.2 Å². The number of ether oxygens (including phenoxy) is 2. The van der Waals surface area contributed by atoms with Gasteiger partial charge in [0.2, 0.25) is 0 Å². The molecule has 0 saturated carbocycles. The van der Waals surface area contributed by atoms with Gasteiger partial charge in [-0.3, -0.25) is 0 Å². The lowest BCUT2D eigenvalue weighted by atomic mass is 9.97. The van der Waals surface area contributed by atoms with Crippen LogP contribution in [0.3, 0.4) is 0 Å². The van der Waals surface area contributed by atoms with E-state index in [1.165, 1.54) is 5.56 Å². The van der Waals surface area contributed by atoms with Gasteiger partial charge >= 0.3 is 0 Å². The molecule has 2 aliphatic heterocycles. The van der Waals surface area contributed by atoms with Gasteiger partial charge in [-0.25, -0.2) is 0 Å². The summed E-state index contributed by atoms with van der Waals surface area (Å²) in [6, 6.07) is 6.38. The van der Waals surface area contributed by atoms with Crippen molar-refractivity contribution >= 4 is 0 Å². The molecule has 3 rings (SSSR count). The smallest absolute Gasteiger partial charge is 0.161 e. The Hall–Kier alpha value is -1.26. The van der Waals surface area contributed by atoms with Gasteiger partial charge in [-0.05, 0) is 24.1 Å². The molecule has 0 unspecified atom stereocenters. The second kappa shape index (κ2) is 6.24. The molecular weight excluding hydrogens is 264 g/mol. The van der Waals surface area contributed by atoms with E-state index < -0.39 is 0 Å². The van der Waals surface area contributed by atoms with Crippen molar-refractivity contribution < 1.29 is 9.47 Å². The van der Waals surface area contributed by atoms with Gasteiger partial charge in [0.15, 0.2) is 11.5 Å². The lowest BCUT2D eigenvalue weighted by molar-refractivity contribution is 0.140. The Morgan fingerprint density at radius 3 is 2.57 bits per heavy atom. The van der Waals surface area contributed by atoms with Crippen molar-refractivity contribution in [3.05, 3.63) is 23.8 Å². The molecule has 1 aromatic carbocycles. The number of hydrogen-bond donors (Lipinski definition) is 1. The molecule has 21 heavy (non-hydrogen) atoms. The van der Waals surface area contributed by atoms with Crippen LogP contribution in [0.15, 0.2) is 18.2 Å². The lowest BCUT2D eigenvalue weighted by Crippen LogP contribution is -2.44. The Morgan fingerprint density at radius 1 is 1.10 bits per heavy atom.